The number of aliphatic imine (C=N–C) groups is 1. The SMILES string of the molecule is Cc1cc(C2CC(c3ccccc3Br)=NO2)c(F)cc1N=CN(C)C. The smallest absolute Gasteiger partial charge is 0.161 e. The van der Waals surface area contributed by atoms with Gasteiger partial charge in [-0.3, -0.25) is 0 Å². The Balaban J connectivity index is 1.82. The molecular formula is C19H19BrFN3O. The van der Waals surface area contributed by atoms with Gasteiger partial charge in [-0.15, -0.1) is 0 Å². The lowest BCUT2D eigenvalue weighted by atomic mass is 9.98. The largest absolute Gasteiger partial charge is 0.387 e. The molecule has 130 valence electrons. The molecule has 2 aromatic rings. The average molecular weight is 404 g/mol. The van der Waals surface area contributed by atoms with E-state index in [-0.39, 0.29) is 5.82 Å². The van der Waals surface area contributed by atoms with E-state index in [1.165, 1.54) is 6.07 Å². The van der Waals surface area contributed by atoms with Gasteiger partial charge in [0.05, 0.1) is 17.7 Å². The topological polar surface area (TPSA) is 37.2 Å². The number of aryl methyl sites for hydroxylation is 1. The van der Waals surface area contributed by atoms with E-state index in [4.69, 9.17) is 4.84 Å². The van der Waals surface area contributed by atoms with E-state index in [1.54, 1.807) is 12.4 Å². The molecule has 0 spiro atoms. The highest BCUT2D eigenvalue weighted by atomic mass is 79.9. The van der Waals surface area contributed by atoms with Gasteiger partial charge in [-0.2, -0.15) is 0 Å². The molecule has 1 atom stereocenters. The van der Waals surface area contributed by atoms with E-state index < -0.39 is 6.10 Å². The molecule has 3 rings (SSSR count). The Morgan fingerprint density at radius 3 is 2.80 bits per heavy atom. The van der Waals surface area contributed by atoms with Crippen LogP contribution in [0.5, 0.6) is 0 Å². The van der Waals surface area contributed by atoms with Crippen molar-refractivity contribution in [2.45, 2.75) is 19.4 Å². The Bertz CT molecular complexity index is 849. The lowest BCUT2D eigenvalue weighted by molar-refractivity contribution is 0.0829. The van der Waals surface area contributed by atoms with Gasteiger partial charge in [0.1, 0.15) is 5.82 Å². The molecule has 0 saturated heterocycles. The average Bonchev–Trinajstić information content (AvgIpc) is 3.05. The van der Waals surface area contributed by atoms with Gasteiger partial charge in [-0.1, -0.05) is 39.3 Å². The highest BCUT2D eigenvalue weighted by molar-refractivity contribution is 9.10. The maximum atomic E-state index is 14.6. The predicted molar refractivity (Wildman–Crippen MR) is 102 cm³/mol. The minimum absolute atomic E-state index is 0.329. The summed E-state index contributed by atoms with van der Waals surface area (Å²) in [5, 5.41) is 4.16. The third-order valence-corrected chi connectivity index (χ3v) is 4.64. The van der Waals surface area contributed by atoms with Crippen LogP contribution in [0, 0.1) is 12.7 Å². The van der Waals surface area contributed by atoms with Gasteiger partial charge < -0.3 is 9.74 Å². The zero-order valence-corrected chi connectivity index (χ0v) is 15.9. The fourth-order valence-corrected chi connectivity index (χ4v) is 3.17. The van der Waals surface area contributed by atoms with E-state index in [0.29, 0.717) is 17.7 Å². The molecule has 2 aromatic carbocycles. The Kier molecular flexibility index (Phi) is 5.18. The van der Waals surface area contributed by atoms with Gasteiger partial charge in [0, 0.05) is 42.2 Å². The molecule has 25 heavy (non-hydrogen) atoms. The fraction of sp³-hybridized carbons (Fsp3) is 0.263. The van der Waals surface area contributed by atoms with Crippen LogP contribution in [0.15, 0.2) is 51.0 Å². The lowest BCUT2D eigenvalue weighted by Crippen LogP contribution is -2.07. The summed E-state index contributed by atoms with van der Waals surface area (Å²) < 4.78 is 15.5. The molecule has 0 N–H and O–H groups in total. The normalized spacial score (nSPS) is 16.8. The summed E-state index contributed by atoms with van der Waals surface area (Å²) in [6.07, 6.45) is 1.76. The Hall–Kier alpha value is -2.21. The maximum absolute atomic E-state index is 14.6. The Morgan fingerprint density at radius 1 is 1.32 bits per heavy atom. The number of nitrogens with zero attached hydrogens (tertiary/aromatic N) is 3. The first kappa shape index (κ1) is 17.6. The fourth-order valence-electron chi connectivity index (χ4n) is 2.66. The number of halogens is 2. The molecule has 0 bridgehead atoms. The van der Waals surface area contributed by atoms with Crippen molar-refractivity contribution in [3.8, 4) is 0 Å². The van der Waals surface area contributed by atoms with Crippen molar-refractivity contribution in [3.63, 3.8) is 0 Å². The van der Waals surface area contributed by atoms with Gasteiger partial charge in [0.15, 0.2) is 6.10 Å². The third kappa shape index (κ3) is 3.90. The summed E-state index contributed by atoms with van der Waals surface area (Å²) in [7, 11) is 3.74. The number of benzene rings is 2. The summed E-state index contributed by atoms with van der Waals surface area (Å²) in [4.78, 5) is 11.6. The van der Waals surface area contributed by atoms with Gasteiger partial charge in [0.2, 0.25) is 0 Å². The van der Waals surface area contributed by atoms with Crippen LogP contribution in [0.2, 0.25) is 0 Å². The van der Waals surface area contributed by atoms with Gasteiger partial charge in [-0.05, 0) is 24.6 Å². The molecule has 0 aliphatic carbocycles. The summed E-state index contributed by atoms with van der Waals surface area (Å²) in [5.41, 5.74) is 3.79. The lowest BCUT2D eigenvalue weighted by Gasteiger charge is -2.12. The van der Waals surface area contributed by atoms with E-state index in [9.17, 15) is 4.39 Å². The molecule has 1 aliphatic heterocycles. The first-order chi connectivity index (χ1) is 12.0. The van der Waals surface area contributed by atoms with Crippen molar-refractivity contribution in [1.29, 1.82) is 0 Å². The van der Waals surface area contributed by atoms with Crippen LogP contribution in [0.3, 0.4) is 0 Å². The second-order valence-electron chi connectivity index (χ2n) is 6.18. The van der Waals surface area contributed by atoms with Crippen LogP contribution >= 0.6 is 15.9 Å². The van der Waals surface area contributed by atoms with Gasteiger partial charge in [-0.25, -0.2) is 9.38 Å². The summed E-state index contributed by atoms with van der Waals surface area (Å²) >= 11 is 3.52. The zero-order valence-electron chi connectivity index (χ0n) is 14.3. The van der Waals surface area contributed by atoms with Crippen LogP contribution in [0.1, 0.15) is 29.2 Å². The van der Waals surface area contributed by atoms with E-state index in [0.717, 1.165) is 21.3 Å². The van der Waals surface area contributed by atoms with Crippen molar-refractivity contribution in [2.75, 3.05) is 14.1 Å². The van der Waals surface area contributed by atoms with E-state index in [2.05, 4.69) is 26.1 Å². The molecule has 1 heterocycles. The predicted octanol–water partition coefficient (Wildman–Crippen LogP) is 4.98. The molecule has 0 saturated carbocycles. The monoisotopic (exact) mass is 403 g/mol. The van der Waals surface area contributed by atoms with Crippen LogP contribution in [0.25, 0.3) is 0 Å². The molecule has 0 amide bonds. The molecule has 0 aromatic heterocycles. The van der Waals surface area contributed by atoms with Crippen molar-refractivity contribution < 1.29 is 9.23 Å². The number of rotatable bonds is 4. The molecule has 1 unspecified atom stereocenters. The second-order valence-corrected chi connectivity index (χ2v) is 7.04. The highest BCUT2D eigenvalue weighted by Gasteiger charge is 2.27. The molecule has 0 fully saturated rings. The van der Waals surface area contributed by atoms with Crippen molar-refractivity contribution in [2.24, 2.45) is 10.1 Å². The molecule has 1 aliphatic rings. The highest BCUT2D eigenvalue weighted by Crippen LogP contribution is 2.35. The minimum Gasteiger partial charge on any atom is -0.387 e. The van der Waals surface area contributed by atoms with Crippen molar-refractivity contribution >= 4 is 33.7 Å². The summed E-state index contributed by atoms with van der Waals surface area (Å²) in [6, 6.07) is 11.0. The standard InChI is InChI=1S/C19H19BrFN3O/c1-12-8-14(16(21)9-17(12)22-11-24(2)3)19-10-18(23-25-19)13-6-4-5-7-15(13)20/h4-9,11,19H,10H2,1-3H3. The molecule has 6 heteroatoms. The van der Waals surface area contributed by atoms with E-state index in [1.807, 2.05) is 50.2 Å². The van der Waals surface area contributed by atoms with Crippen LogP contribution < -0.4 is 0 Å². The Labute approximate surface area is 155 Å². The van der Waals surface area contributed by atoms with Crippen LogP contribution in [0.4, 0.5) is 10.1 Å². The number of hydrogen-bond acceptors (Lipinski definition) is 3. The van der Waals surface area contributed by atoms with Gasteiger partial charge >= 0.3 is 0 Å². The zero-order chi connectivity index (χ0) is 18.0. The molecule has 4 nitrogen and oxygen atoms in total. The maximum Gasteiger partial charge on any atom is 0.161 e. The molecular weight excluding hydrogens is 385 g/mol. The summed E-state index contributed by atoms with van der Waals surface area (Å²) in [6.45, 7) is 1.91. The minimum atomic E-state index is -0.423. The number of hydrogen-bond donors (Lipinski definition) is 0. The second kappa shape index (κ2) is 7.35. The van der Waals surface area contributed by atoms with Crippen LogP contribution in [-0.2, 0) is 4.84 Å². The van der Waals surface area contributed by atoms with Gasteiger partial charge in [0.25, 0.3) is 0 Å². The summed E-state index contributed by atoms with van der Waals surface area (Å²) in [5.74, 6) is -0.329. The molecule has 0 radical (unpaired) electrons. The number of oxime groups is 1. The first-order valence-corrected chi connectivity index (χ1v) is 8.73. The third-order valence-electron chi connectivity index (χ3n) is 3.94. The van der Waals surface area contributed by atoms with Crippen LogP contribution in [-0.4, -0.2) is 31.0 Å². The van der Waals surface area contributed by atoms with Crippen molar-refractivity contribution in [3.05, 3.63) is 63.4 Å². The Morgan fingerprint density at radius 2 is 2.08 bits per heavy atom. The van der Waals surface area contributed by atoms with Crippen molar-refractivity contribution in [1.82, 2.24) is 4.90 Å². The first-order valence-electron chi connectivity index (χ1n) is 7.94. The van der Waals surface area contributed by atoms with E-state index >= 15 is 0 Å². The quantitative estimate of drug-likeness (QED) is 0.532.